The maximum Gasteiger partial charge on any atom is 0.207 e. The largest absolute Gasteiger partial charge is 0.326 e. The van der Waals surface area contributed by atoms with Gasteiger partial charge in [0.25, 0.3) is 0 Å². The van der Waals surface area contributed by atoms with Gasteiger partial charge in [-0.15, -0.1) is 0 Å². The van der Waals surface area contributed by atoms with Gasteiger partial charge in [-0.3, -0.25) is 0 Å². The number of hydrogen-bond donors (Lipinski definition) is 1. The molecule has 4 heteroatoms. The van der Waals surface area contributed by atoms with Crippen molar-refractivity contribution in [2.45, 2.75) is 19.4 Å². The molecular weight excluding hydrogens is 248 g/mol. The highest BCUT2D eigenvalue weighted by atomic mass is 15.2. The molecule has 1 N–H and O–H groups in total. The molecule has 0 unspecified atom stereocenters. The van der Waals surface area contributed by atoms with Crippen LogP contribution in [0.3, 0.4) is 0 Å². The first-order valence-corrected chi connectivity index (χ1v) is 7.33. The number of hydrogen-bond acceptors (Lipinski definition) is 3. The molecule has 1 saturated heterocycles. The van der Waals surface area contributed by atoms with E-state index in [-0.39, 0.29) is 0 Å². The van der Waals surface area contributed by atoms with Crippen molar-refractivity contribution < 1.29 is 0 Å². The van der Waals surface area contributed by atoms with Crippen LogP contribution in [0.25, 0.3) is 0 Å². The molecule has 4 nitrogen and oxygen atoms in total. The van der Waals surface area contributed by atoms with E-state index < -0.39 is 0 Å². The highest BCUT2D eigenvalue weighted by molar-refractivity contribution is 5.52. The highest BCUT2D eigenvalue weighted by Gasteiger charge is 2.18. The van der Waals surface area contributed by atoms with E-state index in [1.54, 1.807) is 0 Å². The lowest BCUT2D eigenvalue weighted by Crippen LogP contribution is -2.31. The van der Waals surface area contributed by atoms with Gasteiger partial charge in [-0.1, -0.05) is 18.2 Å². The van der Waals surface area contributed by atoms with E-state index in [9.17, 15) is 0 Å². The van der Waals surface area contributed by atoms with E-state index in [2.05, 4.69) is 45.1 Å². The van der Waals surface area contributed by atoms with Gasteiger partial charge in [0, 0.05) is 24.6 Å². The second kappa shape index (κ2) is 6.09. The Labute approximate surface area is 120 Å². The summed E-state index contributed by atoms with van der Waals surface area (Å²) < 4.78 is 2.24. The summed E-state index contributed by atoms with van der Waals surface area (Å²) in [5.41, 5.74) is 1.09. The minimum atomic E-state index is 0.761. The first kappa shape index (κ1) is 13.2. The fourth-order valence-electron chi connectivity index (χ4n) is 2.75. The Kier molecular flexibility index (Phi) is 4.02. The molecule has 0 atom stereocenters. The third-order valence-corrected chi connectivity index (χ3v) is 4.04. The van der Waals surface area contributed by atoms with E-state index in [0.717, 1.165) is 24.1 Å². The van der Waals surface area contributed by atoms with Crippen LogP contribution in [0.15, 0.2) is 42.7 Å². The molecule has 0 aliphatic carbocycles. The zero-order valence-electron chi connectivity index (χ0n) is 12.0. The number of anilines is 2. The van der Waals surface area contributed by atoms with Crippen LogP contribution in [0, 0.1) is 5.92 Å². The van der Waals surface area contributed by atoms with Crippen molar-refractivity contribution in [1.29, 1.82) is 0 Å². The van der Waals surface area contributed by atoms with Crippen LogP contribution in [0.5, 0.6) is 0 Å². The molecular formula is C16H22N4. The molecule has 0 radical (unpaired) electrons. The van der Waals surface area contributed by atoms with E-state index in [0.29, 0.717) is 0 Å². The number of aromatic nitrogens is 2. The molecule has 0 bridgehead atoms. The zero-order chi connectivity index (χ0) is 13.8. The SMILES string of the molecule is CN1CCC(Cn2ccnc2Nc2ccccc2)CC1. The lowest BCUT2D eigenvalue weighted by Gasteiger charge is -2.29. The number of rotatable bonds is 4. The summed E-state index contributed by atoms with van der Waals surface area (Å²) in [4.78, 5) is 6.84. The second-order valence-corrected chi connectivity index (χ2v) is 5.64. The molecule has 1 aromatic carbocycles. The van der Waals surface area contributed by atoms with Crippen LogP contribution in [0.2, 0.25) is 0 Å². The van der Waals surface area contributed by atoms with Gasteiger partial charge in [-0.25, -0.2) is 4.98 Å². The number of benzene rings is 1. The third kappa shape index (κ3) is 3.20. The van der Waals surface area contributed by atoms with Gasteiger partial charge in [0.2, 0.25) is 5.95 Å². The molecule has 0 amide bonds. The van der Waals surface area contributed by atoms with Crippen molar-refractivity contribution in [3.05, 3.63) is 42.7 Å². The zero-order valence-corrected chi connectivity index (χ0v) is 12.0. The number of nitrogens with one attached hydrogen (secondary N) is 1. The Morgan fingerprint density at radius 3 is 2.70 bits per heavy atom. The number of para-hydroxylation sites is 1. The molecule has 1 aliphatic heterocycles. The third-order valence-electron chi connectivity index (χ3n) is 4.04. The van der Waals surface area contributed by atoms with Gasteiger partial charge in [-0.05, 0) is 51.0 Å². The predicted octanol–water partition coefficient (Wildman–Crippen LogP) is 2.97. The molecule has 3 rings (SSSR count). The summed E-state index contributed by atoms with van der Waals surface area (Å²) in [7, 11) is 2.20. The quantitative estimate of drug-likeness (QED) is 0.927. The second-order valence-electron chi connectivity index (χ2n) is 5.64. The molecule has 106 valence electrons. The summed E-state index contributed by atoms with van der Waals surface area (Å²) >= 11 is 0. The van der Waals surface area contributed by atoms with Crippen LogP contribution in [0.1, 0.15) is 12.8 Å². The molecule has 2 heterocycles. The van der Waals surface area contributed by atoms with Crippen molar-refractivity contribution in [1.82, 2.24) is 14.5 Å². The fraction of sp³-hybridized carbons (Fsp3) is 0.438. The summed E-state index contributed by atoms with van der Waals surface area (Å²) in [5.74, 6) is 1.70. The molecule has 1 fully saturated rings. The Bertz CT molecular complexity index is 526. The molecule has 1 aromatic heterocycles. The van der Waals surface area contributed by atoms with Gasteiger partial charge in [-0.2, -0.15) is 0 Å². The van der Waals surface area contributed by atoms with E-state index in [1.807, 2.05) is 24.4 Å². The Balaban J connectivity index is 1.65. The molecule has 2 aromatic rings. The maximum atomic E-state index is 4.43. The van der Waals surface area contributed by atoms with E-state index in [1.165, 1.54) is 25.9 Å². The minimum absolute atomic E-state index is 0.761. The Morgan fingerprint density at radius 2 is 1.95 bits per heavy atom. The number of nitrogens with zero attached hydrogens (tertiary/aromatic N) is 3. The number of likely N-dealkylation sites (tertiary alicyclic amines) is 1. The summed E-state index contributed by atoms with van der Waals surface area (Å²) in [6.45, 7) is 3.48. The van der Waals surface area contributed by atoms with Crippen LogP contribution in [-0.2, 0) is 6.54 Å². The predicted molar refractivity (Wildman–Crippen MR) is 82.2 cm³/mol. The van der Waals surface area contributed by atoms with Crippen LogP contribution in [-0.4, -0.2) is 34.6 Å². The topological polar surface area (TPSA) is 33.1 Å². The monoisotopic (exact) mass is 270 g/mol. The number of imidazole rings is 1. The van der Waals surface area contributed by atoms with Crippen molar-refractivity contribution in [2.24, 2.45) is 5.92 Å². The normalized spacial score (nSPS) is 17.2. The summed E-state index contributed by atoms with van der Waals surface area (Å²) in [5, 5.41) is 3.39. The summed E-state index contributed by atoms with van der Waals surface area (Å²) in [6.07, 6.45) is 6.50. The fourth-order valence-corrected chi connectivity index (χ4v) is 2.75. The average Bonchev–Trinajstić information content (AvgIpc) is 2.90. The van der Waals surface area contributed by atoms with Gasteiger partial charge in [0.15, 0.2) is 0 Å². The average molecular weight is 270 g/mol. The number of piperidine rings is 1. The van der Waals surface area contributed by atoms with Crippen LogP contribution < -0.4 is 5.32 Å². The van der Waals surface area contributed by atoms with Gasteiger partial charge >= 0.3 is 0 Å². The molecule has 1 aliphatic rings. The van der Waals surface area contributed by atoms with E-state index >= 15 is 0 Å². The smallest absolute Gasteiger partial charge is 0.207 e. The van der Waals surface area contributed by atoms with Crippen LogP contribution >= 0.6 is 0 Å². The van der Waals surface area contributed by atoms with Gasteiger partial charge in [0.1, 0.15) is 0 Å². The minimum Gasteiger partial charge on any atom is -0.326 e. The lowest BCUT2D eigenvalue weighted by atomic mass is 9.97. The van der Waals surface area contributed by atoms with Crippen molar-refractivity contribution in [3.63, 3.8) is 0 Å². The van der Waals surface area contributed by atoms with Crippen molar-refractivity contribution in [3.8, 4) is 0 Å². The maximum absolute atomic E-state index is 4.43. The van der Waals surface area contributed by atoms with Gasteiger partial charge in [0.05, 0.1) is 0 Å². The van der Waals surface area contributed by atoms with E-state index in [4.69, 9.17) is 0 Å². The molecule has 0 saturated carbocycles. The first-order valence-electron chi connectivity index (χ1n) is 7.33. The van der Waals surface area contributed by atoms with Crippen LogP contribution in [0.4, 0.5) is 11.6 Å². The van der Waals surface area contributed by atoms with Crippen molar-refractivity contribution in [2.75, 3.05) is 25.5 Å². The standard InChI is InChI=1S/C16H22N4/c1-19-10-7-14(8-11-19)13-20-12-9-17-16(20)18-15-5-3-2-4-6-15/h2-6,9,12,14H,7-8,10-11,13H2,1H3,(H,17,18). The lowest BCUT2D eigenvalue weighted by molar-refractivity contribution is 0.205. The summed E-state index contributed by atoms with van der Waals surface area (Å²) in [6, 6.07) is 10.2. The highest BCUT2D eigenvalue weighted by Crippen LogP contribution is 2.21. The Hall–Kier alpha value is -1.81. The Morgan fingerprint density at radius 1 is 1.20 bits per heavy atom. The van der Waals surface area contributed by atoms with Gasteiger partial charge < -0.3 is 14.8 Å². The first-order chi connectivity index (χ1) is 9.81. The molecule has 0 spiro atoms. The van der Waals surface area contributed by atoms with Crippen molar-refractivity contribution >= 4 is 11.6 Å². The molecule has 20 heavy (non-hydrogen) atoms.